The number of methoxy groups -OCH3 is 4. The summed E-state index contributed by atoms with van der Waals surface area (Å²) < 4.78 is 24.9. The van der Waals surface area contributed by atoms with Gasteiger partial charge in [0.15, 0.2) is 5.15 Å². The zero-order valence-electron chi connectivity index (χ0n) is 70.4. The van der Waals surface area contributed by atoms with Crippen molar-refractivity contribution in [3.8, 4) is 23.0 Å². The van der Waals surface area contributed by atoms with Crippen molar-refractivity contribution in [2.45, 2.75) is 268 Å². The number of nitrogen functional groups attached to an aromatic ring is 1. The Morgan fingerprint density at radius 2 is 0.802 bits per heavy atom. The number of rotatable bonds is 38. The molecule has 0 aliphatic rings. The second-order valence-corrected chi connectivity index (χ2v) is 33.5. The average molecular weight is 1760 g/mol. The molecule has 10 aromatic rings. The Bertz CT molecular complexity index is 4470. The SMILES string of the molecule is C.CC.CCCC[C@@](C)(N)CCC(C)=O.CCCC[C@](C)(CCC(C)=O)Nc1nc(Cl)nc2ccsc12.CCCC[C@](C)(CCC(C)=O)Nc1nc(N)nc2ccsc12.CCCC[C@](C)(CCC(C)=O)Nc1nc(NCc2ccc(OC)cc2OC)nc2ccsc12.COc1ccc(CN)c(OC)c1.Cl.Clc1nc(Cl)c2sccc2n1. The fourth-order valence-electron chi connectivity index (χ4n) is 11.7. The Kier molecular flexibility index (Phi) is 48.6. The topological polar surface area (TPSA) is 334 Å². The highest BCUT2D eigenvalue weighted by Gasteiger charge is 2.30. The molecular weight excluding hydrogens is 1630 g/mol. The van der Waals surface area contributed by atoms with E-state index in [1.54, 1.807) is 90.1 Å². The number of unbranched alkanes of at least 4 members (excludes halogenated alkanes) is 4. The molecule has 0 radical (unpaired) electrons. The molecule has 116 heavy (non-hydrogen) atoms. The van der Waals surface area contributed by atoms with E-state index in [-0.39, 0.29) is 81.6 Å². The number of halogens is 4. The number of aromatic nitrogens is 8. The van der Waals surface area contributed by atoms with Gasteiger partial charge in [0.1, 0.15) is 63.6 Å². The molecule has 0 bridgehead atoms. The summed E-state index contributed by atoms with van der Waals surface area (Å²) in [6.45, 7) is 28.7. The number of carbonyl (C=O) groups is 4. The van der Waals surface area contributed by atoms with Crippen molar-refractivity contribution < 1.29 is 38.1 Å². The summed E-state index contributed by atoms with van der Waals surface area (Å²) in [4.78, 5) is 79.6. The molecule has 0 aliphatic heterocycles. The minimum Gasteiger partial charge on any atom is -0.497 e. The summed E-state index contributed by atoms with van der Waals surface area (Å²) in [7, 11) is 6.52. The first-order valence-corrected chi connectivity index (χ1v) is 43.7. The van der Waals surface area contributed by atoms with Crippen LogP contribution < -0.4 is 57.4 Å². The third kappa shape index (κ3) is 36.4. The first-order chi connectivity index (χ1) is 54.3. The van der Waals surface area contributed by atoms with Gasteiger partial charge in [0, 0.05) is 84.2 Å². The smallest absolute Gasteiger partial charge is 0.225 e. The predicted molar refractivity (Wildman–Crippen MR) is 495 cm³/mol. The number of hydrogen-bond acceptors (Lipinski definition) is 27. The highest BCUT2D eigenvalue weighted by Crippen LogP contribution is 2.37. The molecule has 10 rings (SSSR count). The maximum atomic E-state index is 11.7. The average Bonchev–Trinajstić information content (AvgIpc) is 1.62. The number of Topliss-reactive ketones (excluding diaryl/α,β-unsaturated/α-hetero) is 4. The van der Waals surface area contributed by atoms with Crippen LogP contribution in [0.3, 0.4) is 0 Å². The first kappa shape index (κ1) is 105. The van der Waals surface area contributed by atoms with Gasteiger partial charge in [-0.15, -0.1) is 57.8 Å². The van der Waals surface area contributed by atoms with E-state index in [2.05, 4.69) is 99.6 Å². The summed E-state index contributed by atoms with van der Waals surface area (Å²) in [5.74, 6) is 7.10. The first-order valence-electron chi connectivity index (χ1n) is 39.0. The normalized spacial score (nSPS) is 12.6. The summed E-state index contributed by atoms with van der Waals surface area (Å²) in [6.07, 6.45) is 18.4. The zero-order valence-corrected chi connectivity index (χ0v) is 76.7. The quantitative estimate of drug-likeness (QED) is 0.0140. The number of hydrogen-bond donors (Lipinski definition) is 7. The van der Waals surface area contributed by atoms with E-state index in [1.165, 1.54) is 17.8 Å². The third-order valence-corrected chi connectivity index (χ3v) is 22.9. The van der Waals surface area contributed by atoms with Crippen LogP contribution in [0.2, 0.25) is 15.7 Å². The van der Waals surface area contributed by atoms with E-state index in [9.17, 15) is 19.2 Å². The summed E-state index contributed by atoms with van der Waals surface area (Å²) in [6, 6.07) is 19.1. The molecule has 0 saturated heterocycles. The Hall–Kier alpha value is -7.44. The minimum atomic E-state index is -0.219. The second kappa shape index (κ2) is 53.9. The van der Waals surface area contributed by atoms with Gasteiger partial charge in [-0.05, 0) is 194 Å². The van der Waals surface area contributed by atoms with Gasteiger partial charge < -0.3 is 76.6 Å². The van der Waals surface area contributed by atoms with Crippen molar-refractivity contribution in [3.63, 3.8) is 0 Å². The molecule has 31 heteroatoms. The summed E-state index contributed by atoms with van der Waals surface area (Å²) in [5, 5.41) is 22.9. The van der Waals surface area contributed by atoms with Gasteiger partial charge in [-0.3, -0.25) is 0 Å². The highest BCUT2D eigenvalue weighted by molar-refractivity contribution is 7.18. The van der Waals surface area contributed by atoms with Crippen molar-refractivity contribution in [3.05, 3.63) is 109 Å². The van der Waals surface area contributed by atoms with Gasteiger partial charge in [-0.25, -0.2) is 24.9 Å². The molecular formula is C85H127Cl4N15O8S4. The summed E-state index contributed by atoms with van der Waals surface area (Å²) in [5.41, 5.74) is 22.0. The number of fused-ring (bicyclic) bond motifs is 4. The number of ketones is 4. The Balaban J connectivity index is 0.000000490. The molecule has 0 unspecified atom stereocenters. The van der Waals surface area contributed by atoms with Gasteiger partial charge in [-0.1, -0.05) is 118 Å². The Labute approximate surface area is 725 Å². The van der Waals surface area contributed by atoms with Crippen LogP contribution in [0.15, 0.2) is 82.2 Å². The van der Waals surface area contributed by atoms with Crippen LogP contribution in [0.1, 0.15) is 244 Å². The lowest BCUT2D eigenvalue weighted by Crippen LogP contribution is -2.36. The fourth-order valence-corrected chi connectivity index (χ4v) is 15.5. The highest BCUT2D eigenvalue weighted by atomic mass is 35.5. The number of nitrogens with one attached hydrogen (secondary N) is 4. The van der Waals surface area contributed by atoms with E-state index in [4.69, 9.17) is 80.9 Å². The van der Waals surface area contributed by atoms with Gasteiger partial charge in [-0.2, -0.15) is 15.0 Å². The van der Waals surface area contributed by atoms with Crippen LogP contribution in [0.4, 0.5) is 29.4 Å². The van der Waals surface area contributed by atoms with Crippen molar-refractivity contribution in [2.75, 3.05) is 55.4 Å². The van der Waals surface area contributed by atoms with Crippen LogP contribution in [0, 0.1) is 0 Å². The Morgan fingerprint density at radius 3 is 1.21 bits per heavy atom. The van der Waals surface area contributed by atoms with Crippen molar-refractivity contribution in [1.29, 1.82) is 0 Å². The number of nitrogens with two attached hydrogens (primary N) is 3. The number of ether oxygens (including phenoxy) is 4. The van der Waals surface area contributed by atoms with Crippen LogP contribution in [-0.4, -0.2) is 114 Å². The predicted octanol–water partition coefficient (Wildman–Crippen LogP) is 23.6. The number of nitrogens with zero attached hydrogens (tertiary/aromatic N) is 8. The molecule has 8 heterocycles. The largest absolute Gasteiger partial charge is 0.497 e. The second-order valence-electron chi connectivity index (χ2n) is 28.8. The molecule has 0 amide bonds. The Morgan fingerprint density at radius 1 is 0.448 bits per heavy atom. The zero-order chi connectivity index (χ0) is 84.6. The monoisotopic (exact) mass is 1750 g/mol. The molecule has 2 aromatic carbocycles. The van der Waals surface area contributed by atoms with Crippen LogP contribution in [-0.2, 0) is 32.3 Å². The fraction of sp³-hybridized carbons (Fsp3) is 0.529. The van der Waals surface area contributed by atoms with E-state index in [1.807, 2.05) is 103 Å². The van der Waals surface area contributed by atoms with E-state index >= 15 is 0 Å². The number of anilines is 5. The molecule has 0 spiro atoms. The minimum absolute atomic E-state index is 0. The van der Waals surface area contributed by atoms with E-state index in [0.717, 1.165) is 189 Å². The molecule has 10 N–H and O–H groups in total. The van der Waals surface area contributed by atoms with Gasteiger partial charge in [0.2, 0.25) is 22.5 Å². The van der Waals surface area contributed by atoms with Gasteiger partial charge >= 0.3 is 0 Å². The maximum Gasteiger partial charge on any atom is 0.225 e. The number of benzene rings is 2. The molecule has 0 aliphatic carbocycles. The van der Waals surface area contributed by atoms with Crippen molar-refractivity contribution in [1.82, 2.24) is 39.9 Å². The molecule has 8 aromatic heterocycles. The van der Waals surface area contributed by atoms with Gasteiger partial charge in [0.25, 0.3) is 0 Å². The van der Waals surface area contributed by atoms with E-state index < -0.39 is 0 Å². The van der Waals surface area contributed by atoms with Gasteiger partial charge in [0.05, 0.1) is 69.3 Å². The van der Waals surface area contributed by atoms with Crippen LogP contribution >= 0.6 is 92.6 Å². The standard InChI is InChI=1S/C25H34N4O3S.C16H22ClN3OS.C16H24N4OS.C10H21NO.C9H13NO2.C6H2Cl2N2S.C2H6.CH4.ClH/c1-6-7-12-25(3,13-10-17(2)30)29-23-22-20(11-14-33-22)27-24(28-23)26-16-18-8-9-19(31-4)15-21(18)32-5;2*1-4-5-8-16(3,9-6-11(2)21)20-14-13-12(7-10-22-13)18-15(17)19-14;1-4-5-7-10(3,11)8-6-9(2)12;1-11-8-4-3-7(6-10)9(5-8)12-2;7-5-4-3(1-2-11-4)9-6(8)10-5;1-2;;/h8-9,11,14-15H,6-7,10,12-13,16H2,1-5H3,(H2,26,27,28,29);7,10H,4-6,8-9H2,1-3H3,(H,18,19,20);7,10H,4-6,8-9H2,1-3H3,(H3,17,18,19,20);4-8,11H2,1-3H3;3-5H,6,10H2,1-2H3;1-2H;1-2H3;1H4;1H/t25-;2*16-;10-;;;;;/m1111...../s1. The number of thiophene rings is 4. The van der Waals surface area contributed by atoms with Crippen LogP contribution in [0.5, 0.6) is 23.0 Å². The maximum absolute atomic E-state index is 11.7. The molecule has 4 atom stereocenters. The van der Waals surface area contributed by atoms with Crippen molar-refractivity contribution in [2.24, 2.45) is 11.5 Å². The van der Waals surface area contributed by atoms with E-state index in [0.29, 0.717) is 49.9 Å². The van der Waals surface area contributed by atoms with Crippen molar-refractivity contribution >= 4 is 186 Å². The number of carbonyl (C=O) groups excluding carboxylic acids is 4. The third-order valence-electron chi connectivity index (χ3n) is 18.5. The van der Waals surface area contributed by atoms with Crippen LogP contribution in [0.25, 0.3) is 40.9 Å². The molecule has 0 fully saturated rings. The molecule has 23 nitrogen and oxygen atoms in total. The molecule has 642 valence electrons. The summed E-state index contributed by atoms with van der Waals surface area (Å²) >= 11 is 23.7. The lowest BCUT2D eigenvalue weighted by atomic mass is 9.89. The lowest BCUT2D eigenvalue weighted by molar-refractivity contribution is -0.118. The lowest BCUT2D eigenvalue weighted by Gasteiger charge is -2.31. The molecule has 0 saturated carbocycles.